The fourth-order valence-corrected chi connectivity index (χ4v) is 2.40. The Kier molecular flexibility index (Phi) is 4.94. The summed E-state index contributed by atoms with van der Waals surface area (Å²) in [5, 5.41) is 8.69. The lowest BCUT2D eigenvalue weighted by molar-refractivity contribution is -0.138. The molecule has 0 aromatic carbocycles. The normalized spacial score (nSPS) is 20.6. The van der Waals surface area contributed by atoms with Gasteiger partial charge in [0, 0.05) is 6.42 Å². The number of carbonyl (C=O) groups is 1. The van der Waals surface area contributed by atoms with Gasteiger partial charge in [0.2, 0.25) is 0 Å². The van der Waals surface area contributed by atoms with Crippen LogP contribution >= 0.6 is 0 Å². The summed E-state index contributed by atoms with van der Waals surface area (Å²) >= 11 is 0. The van der Waals surface area contributed by atoms with Crippen LogP contribution in [-0.2, 0) is 4.79 Å². The van der Waals surface area contributed by atoms with Gasteiger partial charge < -0.3 is 10.8 Å². The van der Waals surface area contributed by atoms with E-state index in [-0.39, 0.29) is 12.3 Å². The molecular weight excluding hydrogens is 178 g/mol. The smallest absolute Gasteiger partial charge is 0.303 e. The molecule has 1 aliphatic carbocycles. The molecule has 14 heavy (non-hydrogen) atoms. The average Bonchev–Trinajstić information content (AvgIpc) is 2.17. The van der Waals surface area contributed by atoms with Gasteiger partial charge >= 0.3 is 5.97 Å². The van der Waals surface area contributed by atoms with Gasteiger partial charge in [0.25, 0.3) is 0 Å². The van der Waals surface area contributed by atoms with Gasteiger partial charge in [-0.1, -0.05) is 32.1 Å². The van der Waals surface area contributed by atoms with Crippen molar-refractivity contribution >= 4 is 5.97 Å². The topological polar surface area (TPSA) is 63.3 Å². The van der Waals surface area contributed by atoms with Gasteiger partial charge in [-0.3, -0.25) is 4.79 Å². The number of hydrogen-bond donors (Lipinski definition) is 2. The minimum Gasteiger partial charge on any atom is -0.481 e. The first-order valence-electron chi connectivity index (χ1n) is 5.64. The fraction of sp³-hybridized carbons (Fsp3) is 0.909. The van der Waals surface area contributed by atoms with Crippen LogP contribution in [-0.4, -0.2) is 17.6 Å². The second kappa shape index (κ2) is 6.02. The lowest BCUT2D eigenvalue weighted by Gasteiger charge is -2.25. The molecule has 0 aromatic heterocycles. The molecule has 82 valence electrons. The van der Waals surface area contributed by atoms with Gasteiger partial charge in [-0.15, -0.1) is 0 Å². The highest BCUT2D eigenvalue weighted by Crippen LogP contribution is 2.29. The average molecular weight is 199 g/mol. The number of carboxylic acid groups (broad SMARTS) is 1. The van der Waals surface area contributed by atoms with Crippen LogP contribution in [0.25, 0.3) is 0 Å². The zero-order valence-electron chi connectivity index (χ0n) is 8.74. The molecule has 3 N–H and O–H groups in total. The first-order chi connectivity index (χ1) is 6.72. The van der Waals surface area contributed by atoms with Crippen LogP contribution in [0.4, 0.5) is 0 Å². The Bertz CT molecular complexity index is 176. The summed E-state index contributed by atoms with van der Waals surface area (Å²) in [6, 6.07) is 0. The van der Waals surface area contributed by atoms with E-state index < -0.39 is 5.97 Å². The van der Waals surface area contributed by atoms with Crippen LogP contribution in [0.1, 0.15) is 44.9 Å². The van der Waals surface area contributed by atoms with Crippen molar-refractivity contribution < 1.29 is 9.90 Å². The van der Waals surface area contributed by atoms with Gasteiger partial charge in [0.15, 0.2) is 0 Å². The van der Waals surface area contributed by atoms with Crippen molar-refractivity contribution in [3.05, 3.63) is 0 Å². The molecule has 1 unspecified atom stereocenters. The monoisotopic (exact) mass is 199 g/mol. The molecule has 1 saturated carbocycles. The van der Waals surface area contributed by atoms with E-state index in [0.717, 1.165) is 12.3 Å². The van der Waals surface area contributed by atoms with E-state index in [1.54, 1.807) is 0 Å². The molecule has 3 heteroatoms. The summed E-state index contributed by atoms with van der Waals surface area (Å²) in [5.74, 6) is 0.212. The molecule has 0 aliphatic heterocycles. The number of nitrogens with two attached hydrogens (primary N) is 1. The standard InChI is InChI=1S/C11H21NO2/c12-8-10(7-11(13)14)6-9-4-2-1-3-5-9/h9-10H,1-8,12H2,(H,13,14). The van der Waals surface area contributed by atoms with Crippen molar-refractivity contribution in [3.63, 3.8) is 0 Å². The molecule has 0 heterocycles. The quantitative estimate of drug-likeness (QED) is 0.712. The minimum atomic E-state index is -0.712. The van der Waals surface area contributed by atoms with Crippen molar-refractivity contribution in [2.45, 2.75) is 44.9 Å². The SMILES string of the molecule is NCC(CC(=O)O)CC1CCCCC1. The molecule has 0 spiro atoms. The zero-order chi connectivity index (χ0) is 10.4. The van der Waals surface area contributed by atoms with E-state index in [0.29, 0.717) is 6.54 Å². The molecule has 0 bridgehead atoms. The Balaban J connectivity index is 2.27. The maximum atomic E-state index is 10.6. The van der Waals surface area contributed by atoms with Gasteiger partial charge in [-0.25, -0.2) is 0 Å². The molecule has 1 rings (SSSR count). The van der Waals surface area contributed by atoms with Crippen LogP contribution in [0, 0.1) is 11.8 Å². The largest absolute Gasteiger partial charge is 0.481 e. The van der Waals surface area contributed by atoms with Crippen LogP contribution < -0.4 is 5.73 Å². The molecule has 3 nitrogen and oxygen atoms in total. The first kappa shape index (κ1) is 11.5. The van der Waals surface area contributed by atoms with Crippen molar-refractivity contribution in [3.8, 4) is 0 Å². The van der Waals surface area contributed by atoms with E-state index in [4.69, 9.17) is 10.8 Å². The Morgan fingerprint density at radius 2 is 2.00 bits per heavy atom. The summed E-state index contributed by atoms with van der Waals surface area (Å²) in [7, 11) is 0. The summed E-state index contributed by atoms with van der Waals surface area (Å²) in [5.41, 5.74) is 5.57. The van der Waals surface area contributed by atoms with E-state index in [1.165, 1.54) is 32.1 Å². The maximum absolute atomic E-state index is 10.6. The van der Waals surface area contributed by atoms with Crippen molar-refractivity contribution in [1.82, 2.24) is 0 Å². The molecular formula is C11H21NO2. The predicted octanol–water partition coefficient (Wildman–Crippen LogP) is 2.01. The summed E-state index contributed by atoms with van der Waals surface area (Å²) < 4.78 is 0. The first-order valence-corrected chi connectivity index (χ1v) is 5.64. The lowest BCUT2D eigenvalue weighted by Crippen LogP contribution is -2.22. The maximum Gasteiger partial charge on any atom is 0.303 e. The van der Waals surface area contributed by atoms with Gasteiger partial charge in [-0.2, -0.15) is 0 Å². The second-order valence-electron chi connectivity index (χ2n) is 4.44. The Hall–Kier alpha value is -0.570. The molecule has 1 fully saturated rings. The summed E-state index contributed by atoms with van der Waals surface area (Å²) in [4.78, 5) is 10.6. The summed E-state index contributed by atoms with van der Waals surface area (Å²) in [6.07, 6.45) is 7.79. The van der Waals surface area contributed by atoms with Crippen LogP contribution in [0.3, 0.4) is 0 Å². The molecule has 1 atom stereocenters. The highest BCUT2D eigenvalue weighted by molar-refractivity contribution is 5.67. The van der Waals surface area contributed by atoms with Crippen molar-refractivity contribution in [1.29, 1.82) is 0 Å². The number of carboxylic acids is 1. The highest BCUT2D eigenvalue weighted by Gasteiger charge is 2.19. The molecule has 0 radical (unpaired) electrons. The van der Waals surface area contributed by atoms with Crippen LogP contribution in [0.15, 0.2) is 0 Å². The Morgan fingerprint density at radius 3 is 2.50 bits per heavy atom. The predicted molar refractivity (Wildman–Crippen MR) is 56.0 cm³/mol. The van der Waals surface area contributed by atoms with Crippen LogP contribution in [0.5, 0.6) is 0 Å². The minimum absolute atomic E-state index is 0.190. The van der Waals surface area contributed by atoms with Crippen molar-refractivity contribution in [2.75, 3.05) is 6.54 Å². The van der Waals surface area contributed by atoms with E-state index in [1.807, 2.05) is 0 Å². The molecule has 1 aliphatic rings. The third-order valence-electron chi connectivity index (χ3n) is 3.19. The van der Waals surface area contributed by atoms with Gasteiger partial charge in [0.05, 0.1) is 0 Å². The van der Waals surface area contributed by atoms with Gasteiger partial charge in [0.1, 0.15) is 0 Å². The van der Waals surface area contributed by atoms with Crippen molar-refractivity contribution in [2.24, 2.45) is 17.6 Å². The van der Waals surface area contributed by atoms with E-state index in [9.17, 15) is 4.79 Å². The number of hydrogen-bond acceptors (Lipinski definition) is 2. The third-order valence-corrected chi connectivity index (χ3v) is 3.19. The molecule has 0 aromatic rings. The van der Waals surface area contributed by atoms with Crippen LogP contribution in [0.2, 0.25) is 0 Å². The number of rotatable bonds is 5. The molecule has 0 saturated heterocycles. The van der Waals surface area contributed by atoms with E-state index >= 15 is 0 Å². The molecule has 0 amide bonds. The number of aliphatic carboxylic acids is 1. The Labute approximate surface area is 85.7 Å². The fourth-order valence-electron chi connectivity index (χ4n) is 2.40. The van der Waals surface area contributed by atoms with E-state index in [2.05, 4.69) is 0 Å². The summed E-state index contributed by atoms with van der Waals surface area (Å²) in [6.45, 7) is 0.517. The Morgan fingerprint density at radius 1 is 1.36 bits per heavy atom. The van der Waals surface area contributed by atoms with Gasteiger partial charge in [-0.05, 0) is 24.8 Å². The zero-order valence-corrected chi connectivity index (χ0v) is 8.74. The lowest BCUT2D eigenvalue weighted by atomic mass is 9.82. The second-order valence-corrected chi connectivity index (χ2v) is 4.44. The third kappa shape index (κ3) is 4.09. The highest BCUT2D eigenvalue weighted by atomic mass is 16.4.